The number of anilines is 3. The number of benzene rings is 1. The van der Waals surface area contributed by atoms with Crippen molar-refractivity contribution in [3.8, 4) is 0 Å². The molecule has 2 aromatic heterocycles. The van der Waals surface area contributed by atoms with Crippen molar-refractivity contribution in [1.29, 1.82) is 0 Å². The van der Waals surface area contributed by atoms with Crippen molar-refractivity contribution in [2.75, 3.05) is 17.4 Å². The van der Waals surface area contributed by atoms with Crippen LogP contribution in [0.25, 0.3) is 11.0 Å². The number of primary sulfonamides is 1. The predicted octanol–water partition coefficient (Wildman–Crippen LogP) is 3.56. The minimum absolute atomic E-state index is 0.0494. The number of nitrogens with zero attached hydrogens (tertiary/aromatic N) is 5. The van der Waals surface area contributed by atoms with Crippen LogP contribution in [0.5, 0.6) is 0 Å². The molecule has 1 aromatic carbocycles. The molecule has 2 saturated carbocycles. The molecule has 3 heterocycles. The molecule has 3 aliphatic rings. The van der Waals surface area contributed by atoms with E-state index >= 15 is 0 Å². The first kappa shape index (κ1) is 22.2. The van der Waals surface area contributed by atoms with Crippen molar-refractivity contribution in [2.24, 2.45) is 10.2 Å². The highest BCUT2D eigenvalue weighted by atomic mass is 32.2. The maximum Gasteiger partial charge on any atom is 0.238 e. The van der Waals surface area contributed by atoms with Gasteiger partial charge in [-0.25, -0.2) is 27.9 Å². The summed E-state index contributed by atoms with van der Waals surface area (Å²) in [6.07, 6.45) is 8.92. The predicted molar refractivity (Wildman–Crippen MR) is 130 cm³/mol. The van der Waals surface area contributed by atoms with Gasteiger partial charge in [-0.05, 0) is 49.9 Å². The Morgan fingerprint density at radius 1 is 1.20 bits per heavy atom. The number of sulfonamides is 1. The van der Waals surface area contributed by atoms with Crippen molar-refractivity contribution >= 4 is 44.4 Å². The topological polar surface area (TPSA) is 128 Å². The molecule has 0 radical (unpaired) electrons. The molecule has 2 fully saturated rings. The lowest BCUT2D eigenvalue weighted by atomic mass is 9.80. The summed E-state index contributed by atoms with van der Waals surface area (Å²) in [6, 6.07) is 5.82. The molecular formula is C23H26FN7O3S. The van der Waals surface area contributed by atoms with Gasteiger partial charge in [-0.3, -0.25) is 4.57 Å². The fourth-order valence-electron chi connectivity index (χ4n) is 5.25. The van der Waals surface area contributed by atoms with E-state index < -0.39 is 21.4 Å². The Morgan fingerprint density at radius 3 is 2.63 bits per heavy atom. The van der Waals surface area contributed by atoms with E-state index in [1.807, 2.05) is 5.01 Å². The second-order valence-electron chi connectivity index (χ2n) is 9.40. The van der Waals surface area contributed by atoms with Gasteiger partial charge in [0, 0.05) is 11.6 Å². The van der Waals surface area contributed by atoms with Crippen LogP contribution in [0, 0.1) is 5.82 Å². The molecule has 35 heavy (non-hydrogen) atoms. The zero-order chi connectivity index (χ0) is 24.4. The highest BCUT2D eigenvalue weighted by Gasteiger charge is 2.49. The first-order valence-corrected chi connectivity index (χ1v) is 13.3. The molecule has 3 aromatic rings. The fourth-order valence-corrected chi connectivity index (χ4v) is 5.78. The van der Waals surface area contributed by atoms with Crippen molar-refractivity contribution in [1.82, 2.24) is 14.5 Å². The molecule has 0 bridgehead atoms. The minimum Gasteiger partial charge on any atom is -0.481 e. The Kier molecular flexibility index (Phi) is 5.01. The SMILES string of the molecule is COC1=NN(C2CC2)c2cc3cnc(Nc4ccc(S(N)(=O)=O)cc4F)nc3n2C12CCCCC2. The largest absolute Gasteiger partial charge is 0.481 e. The second-order valence-corrected chi connectivity index (χ2v) is 11.0. The highest BCUT2D eigenvalue weighted by Crippen LogP contribution is 2.47. The number of ether oxygens (including phenoxy) is 1. The average molecular weight is 500 g/mol. The van der Waals surface area contributed by atoms with Gasteiger partial charge in [0.05, 0.1) is 23.7 Å². The number of hydrazone groups is 1. The summed E-state index contributed by atoms with van der Waals surface area (Å²) in [4.78, 5) is 8.86. The third kappa shape index (κ3) is 3.62. The van der Waals surface area contributed by atoms with Crippen molar-refractivity contribution < 1.29 is 17.5 Å². The van der Waals surface area contributed by atoms with E-state index in [1.54, 1.807) is 13.3 Å². The van der Waals surface area contributed by atoms with Crippen molar-refractivity contribution in [2.45, 2.75) is 61.4 Å². The molecule has 1 spiro atoms. The minimum atomic E-state index is -4.01. The molecule has 184 valence electrons. The number of fused-ring (bicyclic) bond motifs is 4. The molecule has 0 atom stereocenters. The summed E-state index contributed by atoms with van der Waals surface area (Å²) >= 11 is 0. The first-order valence-electron chi connectivity index (χ1n) is 11.7. The Morgan fingerprint density at radius 2 is 1.97 bits per heavy atom. The molecule has 0 saturated heterocycles. The van der Waals surface area contributed by atoms with Crippen LogP contribution in [0.2, 0.25) is 0 Å². The van der Waals surface area contributed by atoms with Crippen LogP contribution in [0.4, 0.5) is 21.8 Å². The molecular weight excluding hydrogens is 473 g/mol. The van der Waals surface area contributed by atoms with Gasteiger partial charge in [0.1, 0.15) is 22.8 Å². The zero-order valence-corrected chi connectivity index (χ0v) is 20.1. The number of rotatable bonds is 4. The summed E-state index contributed by atoms with van der Waals surface area (Å²) in [5.41, 5.74) is 0.341. The van der Waals surface area contributed by atoms with Gasteiger partial charge in [0.15, 0.2) is 0 Å². The standard InChI is InChI=1S/C23H26FN7O3S/c1-34-21-23(9-3-2-4-10-23)30-19(31(29-21)15-5-6-15)11-14-13-26-22(28-20(14)30)27-18-8-7-16(12-17(18)24)35(25,32)33/h7-8,11-13,15H,2-6,9-10H2,1H3,(H2,25,32,33)(H,26,27,28). The number of hydrogen-bond donors (Lipinski definition) is 2. The monoisotopic (exact) mass is 499 g/mol. The number of methoxy groups -OCH3 is 1. The molecule has 10 nitrogen and oxygen atoms in total. The molecule has 3 N–H and O–H groups in total. The van der Waals surface area contributed by atoms with E-state index in [0.29, 0.717) is 11.9 Å². The lowest BCUT2D eigenvalue weighted by molar-refractivity contribution is 0.220. The molecule has 0 unspecified atom stereocenters. The molecule has 2 aliphatic carbocycles. The van der Waals surface area contributed by atoms with E-state index in [0.717, 1.165) is 67.9 Å². The van der Waals surface area contributed by atoms with E-state index in [-0.39, 0.29) is 16.5 Å². The lowest BCUT2D eigenvalue weighted by Crippen LogP contribution is -2.50. The quantitative estimate of drug-likeness (QED) is 0.562. The van der Waals surface area contributed by atoms with Gasteiger partial charge < -0.3 is 10.1 Å². The van der Waals surface area contributed by atoms with Gasteiger partial charge in [-0.1, -0.05) is 19.3 Å². The fraction of sp³-hybridized carbons (Fsp3) is 0.435. The van der Waals surface area contributed by atoms with Gasteiger partial charge in [0.2, 0.25) is 21.9 Å². The maximum atomic E-state index is 14.6. The maximum absolute atomic E-state index is 14.6. The van der Waals surface area contributed by atoms with Crippen LogP contribution in [-0.4, -0.2) is 42.0 Å². The third-order valence-corrected chi connectivity index (χ3v) is 7.97. The van der Waals surface area contributed by atoms with Crippen LogP contribution >= 0.6 is 0 Å². The van der Waals surface area contributed by atoms with Crippen LogP contribution in [-0.2, 0) is 20.3 Å². The molecule has 0 amide bonds. The van der Waals surface area contributed by atoms with E-state index in [4.69, 9.17) is 20.0 Å². The third-order valence-electron chi connectivity index (χ3n) is 7.06. The summed E-state index contributed by atoms with van der Waals surface area (Å²) < 4.78 is 45.8. The first-order chi connectivity index (χ1) is 16.8. The van der Waals surface area contributed by atoms with Crippen LogP contribution in [0.1, 0.15) is 44.9 Å². The lowest BCUT2D eigenvalue weighted by Gasteiger charge is -2.44. The normalized spacial score (nSPS) is 19.5. The van der Waals surface area contributed by atoms with Crippen molar-refractivity contribution in [3.63, 3.8) is 0 Å². The zero-order valence-electron chi connectivity index (χ0n) is 19.2. The van der Waals surface area contributed by atoms with Gasteiger partial charge in [-0.15, -0.1) is 5.10 Å². The average Bonchev–Trinajstić information content (AvgIpc) is 3.60. The van der Waals surface area contributed by atoms with E-state index in [2.05, 4.69) is 20.9 Å². The number of nitrogens with one attached hydrogen (secondary N) is 1. The summed E-state index contributed by atoms with van der Waals surface area (Å²) in [5.74, 6) is 1.10. The molecule has 6 rings (SSSR count). The second kappa shape index (κ2) is 7.89. The number of aromatic nitrogens is 3. The number of hydrogen-bond acceptors (Lipinski definition) is 8. The van der Waals surface area contributed by atoms with Crippen molar-refractivity contribution in [3.05, 3.63) is 36.3 Å². The summed E-state index contributed by atoms with van der Waals surface area (Å²) in [5, 5.41) is 15.8. The smallest absolute Gasteiger partial charge is 0.238 e. The Balaban J connectivity index is 1.46. The Bertz CT molecular complexity index is 1460. The Hall–Kier alpha value is -3.25. The van der Waals surface area contributed by atoms with Crippen LogP contribution in [0.15, 0.2) is 40.5 Å². The molecule has 12 heteroatoms. The molecule has 1 aliphatic heterocycles. The van der Waals surface area contributed by atoms with E-state index in [1.165, 1.54) is 12.1 Å². The summed E-state index contributed by atoms with van der Waals surface area (Å²) in [6.45, 7) is 0. The van der Waals surface area contributed by atoms with Gasteiger partial charge in [0.25, 0.3) is 0 Å². The van der Waals surface area contributed by atoms with Crippen LogP contribution in [0.3, 0.4) is 0 Å². The summed E-state index contributed by atoms with van der Waals surface area (Å²) in [7, 11) is -2.33. The van der Waals surface area contributed by atoms with Gasteiger partial charge >= 0.3 is 0 Å². The number of halogens is 1. The number of nitrogens with two attached hydrogens (primary N) is 1. The van der Waals surface area contributed by atoms with E-state index in [9.17, 15) is 12.8 Å². The van der Waals surface area contributed by atoms with Gasteiger partial charge in [-0.2, -0.15) is 4.98 Å². The van der Waals surface area contributed by atoms with Crippen LogP contribution < -0.4 is 15.5 Å². The Labute approximate surface area is 202 Å². The highest BCUT2D eigenvalue weighted by molar-refractivity contribution is 7.89.